The predicted molar refractivity (Wildman–Crippen MR) is 118 cm³/mol. The molecular weight excluding hydrogens is 378 g/mol. The van der Waals surface area contributed by atoms with Gasteiger partial charge in [0.2, 0.25) is 0 Å². The maximum atomic E-state index is 13.1. The van der Waals surface area contributed by atoms with Gasteiger partial charge in [-0.15, -0.1) is 0 Å². The van der Waals surface area contributed by atoms with Crippen molar-refractivity contribution in [2.75, 3.05) is 13.7 Å². The minimum absolute atomic E-state index is 0.0208. The van der Waals surface area contributed by atoms with Gasteiger partial charge in [0.1, 0.15) is 16.9 Å². The van der Waals surface area contributed by atoms with E-state index in [4.69, 9.17) is 9.15 Å². The van der Waals surface area contributed by atoms with Crippen molar-refractivity contribution in [3.05, 3.63) is 88.3 Å². The quantitative estimate of drug-likeness (QED) is 0.426. The number of carbonyl (C=O) groups is 1. The molecule has 0 spiro atoms. The fraction of sp³-hybridized carbons (Fsp3) is 0.200. The van der Waals surface area contributed by atoms with Crippen LogP contribution in [0.4, 0.5) is 0 Å². The zero-order valence-corrected chi connectivity index (χ0v) is 17.1. The molecule has 0 unspecified atom stereocenters. The molecule has 0 N–H and O–H groups in total. The lowest BCUT2D eigenvalue weighted by atomic mass is 10.0. The molecular formula is C25H23NO4. The standard InChI is InChI=1S/C25H23NO4/c1-3-14-29-23-13-12-17-8-4-6-10-19(17)21(23)16-26(2)24(27)20-15-18-9-5-7-11-22(18)30-25(20)28/h4-13,15H,3,14,16H2,1-2H3. The number of amides is 1. The molecule has 4 aromatic rings. The molecule has 1 amide bonds. The summed E-state index contributed by atoms with van der Waals surface area (Å²) in [6, 6.07) is 20.7. The zero-order valence-electron chi connectivity index (χ0n) is 17.1. The van der Waals surface area contributed by atoms with Gasteiger partial charge < -0.3 is 14.1 Å². The first-order chi connectivity index (χ1) is 14.6. The number of fused-ring (bicyclic) bond motifs is 2. The highest BCUT2D eigenvalue weighted by atomic mass is 16.5. The highest BCUT2D eigenvalue weighted by Gasteiger charge is 2.20. The minimum Gasteiger partial charge on any atom is -0.493 e. The smallest absolute Gasteiger partial charge is 0.349 e. The highest BCUT2D eigenvalue weighted by Crippen LogP contribution is 2.29. The van der Waals surface area contributed by atoms with E-state index in [1.165, 1.54) is 4.90 Å². The van der Waals surface area contributed by atoms with E-state index in [2.05, 4.69) is 6.92 Å². The number of nitrogens with zero attached hydrogens (tertiary/aromatic N) is 1. The molecule has 0 aliphatic rings. The van der Waals surface area contributed by atoms with Gasteiger partial charge in [-0.2, -0.15) is 0 Å². The normalized spacial score (nSPS) is 11.0. The molecule has 1 aromatic heterocycles. The number of carbonyl (C=O) groups excluding carboxylic acids is 1. The van der Waals surface area contributed by atoms with E-state index < -0.39 is 5.63 Å². The fourth-order valence-corrected chi connectivity index (χ4v) is 3.55. The Bertz CT molecular complexity index is 1280. The lowest BCUT2D eigenvalue weighted by Crippen LogP contribution is -2.30. The lowest BCUT2D eigenvalue weighted by Gasteiger charge is -2.21. The number of hydrogen-bond donors (Lipinski definition) is 0. The average Bonchev–Trinajstić information content (AvgIpc) is 2.77. The van der Waals surface area contributed by atoms with E-state index in [1.54, 1.807) is 25.2 Å². The van der Waals surface area contributed by atoms with Crippen molar-refractivity contribution in [3.63, 3.8) is 0 Å². The van der Waals surface area contributed by atoms with Gasteiger partial charge in [-0.25, -0.2) is 4.79 Å². The predicted octanol–water partition coefficient (Wildman–Crippen LogP) is 5.01. The Kier molecular flexibility index (Phi) is 5.53. The van der Waals surface area contributed by atoms with Crippen LogP contribution >= 0.6 is 0 Å². The molecule has 0 saturated carbocycles. The maximum Gasteiger partial charge on any atom is 0.349 e. The summed E-state index contributed by atoms with van der Waals surface area (Å²) in [5, 5.41) is 2.81. The summed E-state index contributed by atoms with van der Waals surface area (Å²) in [5.41, 5.74) is 0.770. The van der Waals surface area contributed by atoms with Crippen molar-refractivity contribution in [1.82, 2.24) is 4.90 Å². The summed E-state index contributed by atoms with van der Waals surface area (Å²) >= 11 is 0. The Labute approximate surface area is 174 Å². The Hall–Kier alpha value is -3.60. The molecule has 5 heteroatoms. The summed E-state index contributed by atoms with van der Waals surface area (Å²) in [6.07, 6.45) is 0.888. The van der Waals surface area contributed by atoms with E-state index >= 15 is 0 Å². The van der Waals surface area contributed by atoms with Crippen LogP contribution < -0.4 is 10.4 Å². The summed E-state index contributed by atoms with van der Waals surface area (Å²) in [4.78, 5) is 27.0. The molecule has 3 aromatic carbocycles. The zero-order chi connectivity index (χ0) is 21.1. The third-order valence-corrected chi connectivity index (χ3v) is 5.07. The van der Waals surface area contributed by atoms with Crippen LogP contribution in [-0.4, -0.2) is 24.5 Å². The molecule has 0 atom stereocenters. The minimum atomic E-state index is -0.633. The third-order valence-electron chi connectivity index (χ3n) is 5.07. The van der Waals surface area contributed by atoms with Crippen LogP contribution in [0.25, 0.3) is 21.7 Å². The molecule has 0 saturated heterocycles. The van der Waals surface area contributed by atoms with Gasteiger partial charge in [-0.1, -0.05) is 55.5 Å². The summed E-state index contributed by atoms with van der Waals surface area (Å²) in [5.74, 6) is 0.365. The Morgan fingerprint density at radius 2 is 1.73 bits per heavy atom. The average molecular weight is 401 g/mol. The van der Waals surface area contributed by atoms with Crippen molar-refractivity contribution in [2.45, 2.75) is 19.9 Å². The summed E-state index contributed by atoms with van der Waals surface area (Å²) in [6.45, 7) is 2.96. The first-order valence-corrected chi connectivity index (χ1v) is 10.00. The van der Waals surface area contributed by atoms with Crippen molar-refractivity contribution in [1.29, 1.82) is 0 Å². The first-order valence-electron chi connectivity index (χ1n) is 10.00. The number of ether oxygens (including phenoxy) is 1. The largest absolute Gasteiger partial charge is 0.493 e. The molecule has 0 aliphatic heterocycles. The number of hydrogen-bond acceptors (Lipinski definition) is 4. The van der Waals surface area contributed by atoms with Gasteiger partial charge in [-0.05, 0) is 35.4 Å². The fourth-order valence-electron chi connectivity index (χ4n) is 3.55. The molecule has 30 heavy (non-hydrogen) atoms. The van der Waals surface area contributed by atoms with Crippen LogP contribution in [0.2, 0.25) is 0 Å². The molecule has 0 bridgehead atoms. The van der Waals surface area contributed by atoms with Gasteiger partial charge in [-0.3, -0.25) is 4.79 Å². The van der Waals surface area contributed by atoms with Crippen LogP contribution in [0.3, 0.4) is 0 Å². The van der Waals surface area contributed by atoms with Gasteiger partial charge in [0, 0.05) is 24.5 Å². The van der Waals surface area contributed by atoms with Crippen LogP contribution in [-0.2, 0) is 6.54 Å². The highest BCUT2D eigenvalue weighted by molar-refractivity contribution is 5.97. The van der Waals surface area contributed by atoms with Gasteiger partial charge >= 0.3 is 5.63 Å². The van der Waals surface area contributed by atoms with E-state index in [-0.39, 0.29) is 11.5 Å². The Balaban J connectivity index is 1.70. The Morgan fingerprint density at radius 1 is 1.00 bits per heavy atom. The van der Waals surface area contributed by atoms with Crippen LogP contribution in [0.5, 0.6) is 5.75 Å². The van der Waals surface area contributed by atoms with Gasteiger partial charge in [0.15, 0.2) is 0 Å². The lowest BCUT2D eigenvalue weighted by molar-refractivity contribution is 0.0780. The molecule has 152 valence electrons. The van der Waals surface area contributed by atoms with Crippen LogP contribution in [0.1, 0.15) is 29.3 Å². The second-order valence-corrected chi connectivity index (χ2v) is 7.26. The van der Waals surface area contributed by atoms with Crippen LogP contribution in [0, 0.1) is 0 Å². The number of benzene rings is 3. The van der Waals surface area contributed by atoms with E-state index in [1.807, 2.05) is 48.5 Å². The molecule has 0 aliphatic carbocycles. The van der Waals surface area contributed by atoms with E-state index in [0.717, 1.165) is 28.5 Å². The molecule has 4 rings (SSSR count). The molecule has 0 fully saturated rings. The van der Waals surface area contributed by atoms with E-state index in [0.29, 0.717) is 24.1 Å². The van der Waals surface area contributed by atoms with Gasteiger partial charge in [0.25, 0.3) is 5.91 Å². The number of rotatable bonds is 6. The van der Waals surface area contributed by atoms with Gasteiger partial charge in [0.05, 0.1) is 6.61 Å². The monoisotopic (exact) mass is 401 g/mol. The maximum absolute atomic E-state index is 13.1. The molecule has 5 nitrogen and oxygen atoms in total. The Morgan fingerprint density at radius 3 is 2.53 bits per heavy atom. The summed E-state index contributed by atoms with van der Waals surface area (Å²) in [7, 11) is 1.68. The SMILES string of the molecule is CCCOc1ccc2ccccc2c1CN(C)C(=O)c1cc2ccccc2oc1=O. The third kappa shape index (κ3) is 3.79. The van der Waals surface area contributed by atoms with Crippen molar-refractivity contribution < 1.29 is 13.9 Å². The molecule has 0 radical (unpaired) electrons. The first kappa shape index (κ1) is 19.7. The van der Waals surface area contributed by atoms with E-state index in [9.17, 15) is 9.59 Å². The van der Waals surface area contributed by atoms with Crippen molar-refractivity contribution in [2.24, 2.45) is 0 Å². The van der Waals surface area contributed by atoms with Crippen molar-refractivity contribution >= 4 is 27.6 Å². The second-order valence-electron chi connectivity index (χ2n) is 7.26. The van der Waals surface area contributed by atoms with Crippen molar-refractivity contribution in [3.8, 4) is 5.75 Å². The number of para-hydroxylation sites is 1. The molecule has 1 heterocycles. The topological polar surface area (TPSA) is 59.8 Å². The summed E-state index contributed by atoms with van der Waals surface area (Å²) < 4.78 is 11.3. The second kappa shape index (κ2) is 8.41. The van der Waals surface area contributed by atoms with Crippen LogP contribution in [0.15, 0.2) is 75.9 Å².